The summed E-state index contributed by atoms with van der Waals surface area (Å²) in [5.41, 5.74) is -1.40. The van der Waals surface area contributed by atoms with Gasteiger partial charge in [-0.25, -0.2) is 9.78 Å². The number of nitrogens with one attached hydrogen (secondary N) is 2. The number of rotatable bonds is 6. The van der Waals surface area contributed by atoms with Gasteiger partial charge < -0.3 is 20.0 Å². The molecule has 3 aromatic heterocycles. The quantitative estimate of drug-likeness (QED) is 0.308. The number of amides is 1. The number of carbonyl (C=O) groups excluding carboxylic acids is 1. The van der Waals surface area contributed by atoms with Gasteiger partial charge in [-0.3, -0.25) is 14.0 Å². The lowest BCUT2D eigenvalue weighted by atomic mass is 10.1. The van der Waals surface area contributed by atoms with Crippen molar-refractivity contribution in [3.8, 4) is 5.69 Å². The Balaban J connectivity index is 1.63. The first-order valence-electron chi connectivity index (χ1n) is 11.5. The summed E-state index contributed by atoms with van der Waals surface area (Å²) in [6, 6.07) is 12.1. The summed E-state index contributed by atoms with van der Waals surface area (Å²) >= 11 is 0. The Labute approximate surface area is 212 Å². The number of fused-ring (bicyclic) bond motifs is 3. The highest BCUT2D eigenvalue weighted by molar-refractivity contribution is 5.94. The van der Waals surface area contributed by atoms with Crippen molar-refractivity contribution < 1.29 is 27.9 Å². The van der Waals surface area contributed by atoms with E-state index in [1.165, 1.54) is 27.4 Å². The molecule has 12 heteroatoms. The number of imidazole rings is 1. The van der Waals surface area contributed by atoms with Crippen LogP contribution >= 0.6 is 0 Å². The number of hydrogen-bond donors (Lipinski definition) is 3. The molecule has 38 heavy (non-hydrogen) atoms. The maximum atomic E-state index is 14.1. The monoisotopic (exact) mass is 523 g/mol. The molecule has 3 N–H and O–H groups in total. The number of alkyl halides is 3. The Hall–Kier alpha value is -4.87. The van der Waals surface area contributed by atoms with Crippen molar-refractivity contribution in [1.82, 2.24) is 24.3 Å². The molecule has 3 heterocycles. The summed E-state index contributed by atoms with van der Waals surface area (Å²) in [5.74, 6) is -1.68. The molecule has 0 aliphatic heterocycles. The number of hydrogen-bond acceptors (Lipinski definition) is 4. The Morgan fingerprint density at radius 1 is 1.13 bits per heavy atom. The molecule has 0 bridgehead atoms. The van der Waals surface area contributed by atoms with Gasteiger partial charge in [0.15, 0.2) is 5.69 Å². The number of carbonyl (C=O) groups is 2. The van der Waals surface area contributed by atoms with Gasteiger partial charge in [0, 0.05) is 24.5 Å². The zero-order chi connectivity index (χ0) is 27.2. The minimum atomic E-state index is -4.77. The van der Waals surface area contributed by atoms with Crippen LogP contribution in [0, 0.1) is 0 Å². The lowest BCUT2D eigenvalue weighted by Crippen LogP contribution is -2.22. The van der Waals surface area contributed by atoms with Crippen molar-refractivity contribution in [2.24, 2.45) is 0 Å². The third-order valence-corrected chi connectivity index (χ3v) is 6.14. The van der Waals surface area contributed by atoms with Gasteiger partial charge in [-0.05, 0) is 42.3 Å². The van der Waals surface area contributed by atoms with Crippen LogP contribution in [0.15, 0.2) is 65.7 Å². The van der Waals surface area contributed by atoms with E-state index in [1.54, 1.807) is 43.3 Å². The predicted molar refractivity (Wildman–Crippen MR) is 132 cm³/mol. The van der Waals surface area contributed by atoms with Crippen LogP contribution in [0.2, 0.25) is 0 Å². The molecule has 9 nitrogen and oxygen atoms in total. The fraction of sp³-hybridized carbons (Fsp3) is 0.154. The smallest absolute Gasteiger partial charge is 0.418 e. The molecule has 0 aliphatic carbocycles. The molecule has 0 atom stereocenters. The first-order valence-corrected chi connectivity index (χ1v) is 11.5. The second-order valence-electron chi connectivity index (χ2n) is 8.54. The van der Waals surface area contributed by atoms with E-state index in [2.05, 4.69) is 15.3 Å². The van der Waals surface area contributed by atoms with Crippen LogP contribution < -0.4 is 10.9 Å². The third-order valence-electron chi connectivity index (χ3n) is 6.14. The number of aromatic amines is 1. The van der Waals surface area contributed by atoms with Crippen LogP contribution in [0.4, 0.5) is 13.2 Å². The molecule has 0 radical (unpaired) electrons. The van der Waals surface area contributed by atoms with Crippen LogP contribution in [-0.4, -0.2) is 35.9 Å². The minimum Gasteiger partial charge on any atom is -0.476 e. The second kappa shape index (κ2) is 9.21. The third kappa shape index (κ3) is 4.29. The fourth-order valence-corrected chi connectivity index (χ4v) is 4.41. The standard InChI is InChI=1S/C26H20F3N5O4/c1-2-18-21(25(37)38)32-22-24(36)31-17-10-16(26(27,28)29)19(11-20(17)34(18)22)33-9-8-14(13-33)12-30-23(35)15-6-4-3-5-7-15/h3-11,13H,2,12H2,1H3,(H,30,35)(H,31,36)(H,37,38). The molecule has 0 saturated carbocycles. The van der Waals surface area contributed by atoms with Gasteiger partial charge >= 0.3 is 12.1 Å². The highest BCUT2D eigenvalue weighted by atomic mass is 19.4. The number of aromatic nitrogens is 4. The molecule has 5 aromatic rings. The van der Waals surface area contributed by atoms with E-state index in [0.29, 0.717) is 11.1 Å². The average molecular weight is 523 g/mol. The van der Waals surface area contributed by atoms with Gasteiger partial charge in [-0.2, -0.15) is 13.2 Å². The van der Waals surface area contributed by atoms with Crippen molar-refractivity contribution in [1.29, 1.82) is 0 Å². The first-order chi connectivity index (χ1) is 18.1. The van der Waals surface area contributed by atoms with Gasteiger partial charge in [-0.1, -0.05) is 25.1 Å². The molecule has 0 aliphatic rings. The summed E-state index contributed by atoms with van der Waals surface area (Å²) in [5, 5.41) is 12.3. The van der Waals surface area contributed by atoms with Gasteiger partial charge in [0.25, 0.3) is 11.5 Å². The first kappa shape index (κ1) is 24.8. The van der Waals surface area contributed by atoms with Crippen molar-refractivity contribution in [3.05, 3.63) is 99.4 Å². The summed E-state index contributed by atoms with van der Waals surface area (Å²) < 4.78 is 44.9. The predicted octanol–water partition coefficient (Wildman–Crippen LogP) is 4.18. The van der Waals surface area contributed by atoms with Gasteiger partial charge in [0.1, 0.15) is 0 Å². The second-order valence-corrected chi connectivity index (χ2v) is 8.54. The number of carboxylic acid groups (broad SMARTS) is 1. The molecule has 1 amide bonds. The zero-order valence-electron chi connectivity index (χ0n) is 19.8. The van der Waals surface area contributed by atoms with Crippen LogP contribution in [0.5, 0.6) is 0 Å². The molecule has 0 saturated heterocycles. The van der Waals surface area contributed by atoms with Gasteiger partial charge in [0.2, 0.25) is 5.65 Å². The summed E-state index contributed by atoms with van der Waals surface area (Å²) in [6.07, 6.45) is -1.70. The van der Waals surface area contributed by atoms with E-state index in [9.17, 15) is 32.7 Å². The number of aryl methyl sites for hydroxylation is 1. The molecular weight excluding hydrogens is 503 g/mol. The average Bonchev–Trinajstić information content (AvgIpc) is 3.52. The molecular formula is C26H20F3N5O4. The molecule has 194 valence electrons. The number of benzene rings is 2. The molecule has 0 unspecified atom stereocenters. The van der Waals surface area contributed by atoms with E-state index in [1.807, 2.05) is 0 Å². The topological polar surface area (TPSA) is 121 Å². The highest BCUT2D eigenvalue weighted by Crippen LogP contribution is 2.36. The lowest BCUT2D eigenvalue weighted by Gasteiger charge is -2.16. The fourth-order valence-electron chi connectivity index (χ4n) is 4.41. The number of carboxylic acids is 1. The largest absolute Gasteiger partial charge is 0.476 e. The lowest BCUT2D eigenvalue weighted by molar-refractivity contribution is -0.137. The van der Waals surface area contributed by atoms with Crippen molar-refractivity contribution >= 4 is 28.6 Å². The molecule has 2 aromatic carbocycles. The van der Waals surface area contributed by atoms with Crippen molar-refractivity contribution in [2.75, 3.05) is 0 Å². The molecule has 0 spiro atoms. The Kier molecular flexibility index (Phi) is 6.02. The van der Waals surface area contributed by atoms with E-state index in [4.69, 9.17) is 0 Å². The number of halogens is 3. The van der Waals surface area contributed by atoms with Crippen LogP contribution in [0.3, 0.4) is 0 Å². The van der Waals surface area contributed by atoms with E-state index < -0.39 is 23.3 Å². The van der Waals surface area contributed by atoms with E-state index in [-0.39, 0.29) is 52.6 Å². The van der Waals surface area contributed by atoms with E-state index in [0.717, 1.165) is 6.07 Å². The Bertz CT molecular complexity index is 1770. The number of nitrogens with zero attached hydrogens (tertiary/aromatic N) is 3. The summed E-state index contributed by atoms with van der Waals surface area (Å²) in [6.45, 7) is 1.74. The summed E-state index contributed by atoms with van der Waals surface area (Å²) in [7, 11) is 0. The zero-order valence-corrected chi connectivity index (χ0v) is 19.8. The Morgan fingerprint density at radius 3 is 2.53 bits per heavy atom. The SMILES string of the molecule is CCc1c(C(=O)O)nc2c(=O)[nH]c3cc(C(F)(F)F)c(-n4ccc(CNC(=O)c5ccccc5)c4)cc3n12. The van der Waals surface area contributed by atoms with Crippen LogP contribution in [-0.2, 0) is 19.1 Å². The normalized spacial score (nSPS) is 11.8. The van der Waals surface area contributed by atoms with Crippen LogP contribution in [0.25, 0.3) is 22.4 Å². The van der Waals surface area contributed by atoms with E-state index >= 15 is 0 Å². The minimum absolute atomic E-state index is 0.0801. The highest BCUT2D eigenvalue weighted by Gasteiger charge is 2.35. The molecule has 5 rings (SSSR count). The Morgan fingerprint density at radius 2 is 1.87 bits per heavy atom. The number of aromatic carboxylic acids is 1. The van der Waals surface area contributed by atoms with Gasteiger partial charge in [-0.15, -0.1) is 0 Å². The molecule has 0 fully saturated rings. The maximum absolute atomic E-state index is 14.1. The van der Waals surface area contributed by atoms with Crippen molar-refractivity contribution in [3.63, 3.8) is 0 Å². The van der Waals surface area contributed by atoms with Crippen molar-refractivity contribution in [2.45, 2.75) is 26.1 Å². The summed E-state index contributed by atoms with van der Waals surface area (Å²) in [4.78, 5) is 43.0. The number of H-pyrrole nitrogens is 1. The maximum Gasteiger partial charge on any atom is 0.418 e. The van der Waals surface area contributed by atoms with Gasteiger partial charge in [0.05, 0.1) is 28.0 Å². The van der Waals surface area contributed by atoms with Crippen LogP contribution in [0.1, 0.15) is 44.6 Å².